The summed E-state index contributed by atoms with van der Waals surface area (Å²) in [6.07, 6.45) is 1.82. The summed E-state index contributed by atoms with van der Waals surface area (Å²) in [5.41, 5.74) is 0. The van der Waals surface area contributed by atoms with Crippen molar-refractivity contribution in [3.05, 3.63) is 54.2 Å². The summed E-state index contributed by atoms with van der Waals surface area (Å²) in [4.78, 5) is 11.8. The maximum Gasteiger partial charge on any atom is 0.286 e. The number of ether oxygens (including phenoxy) is 1. The lowest BCUT2D eigenvalue weighted by molar-refractivity contribution is 0.0347. The average molecular weight is 319 g/mol. The summed E-state index contributed by atoms with van der Waals surface area (Å²) in [6.45, 7) is 0.351. The smallest absolute Gasteiger partial charge is 0.286 e. The maximum atomic E-state index is 12.9. The van der Waals surface area contributed by atoms with Crippen molar-refractivity contribution in [2.24, 2.45) is 5.92 Å². The Kier molecular flexibility index (Phi) is 4.62. The molecule has 3 rings (SSSR count). The van der Waals surface area contributed by atoms with E-state index in [1.807, 2.05) is 0 Å². The first kappa shape index (κ1) is 15.6. The molecule has 5 nitrogen and oxygen atoms in total. The number of furan rings is 1. The second-order valence-electron chi connectivity index (χ2n) is 5.63. The highest BCUT2D eigenvalue weighted by Crippen LogP contribution is 2.29. The van der Waals surface area contributed by atoms with Crippen LogP contribution in [0.3, 0.4) is 0 Å². The van der Waals surface area contributed by atoms with Crippen LogP contribution in [0.1, 0.15) is 23.4 Å². The molecule has 122 valence electrons. The molecule has 1 amide bonds. The lowest BCUT2D eigenvalue weighted by Gasteiger charge is -2.21. The van der Waals surface area contributed by atoms with Crippen LogP contribution in [0.4, 0.5) is 4.39 Å². The van der Waals surface area contributed by atoms with Gasteiger partial charge in [-0.3, -0.25) is 4.79 Å². The van der Waals surface area contributed by atoms with E-state index in [1.54, 1.807) is 12.1 Å². The first-order valence-corrected chi connectivity index (χ1v) is 7.55. The summed E-state index contributed by atoms with van der Waals surface area (Å²) in [7, 11) is 0. The summed E-state index contributed by atoms with van der Waals surface area (Å²) in [6, 6.07) is 8.93. The number of halogens is 1. The quantitative estimate of drug-likeness (QED) is 0.887. The molecule has 1 aromatic carbocycles. The minimum atomic E-state index is -0.683. The monoisotopic (exact) mass is 319 g/mol. The highest BCUT2D eigenvalue weighted by atomic mass is 19.1. The fourth-order valence-electron chi connectivity index (χ4n) is 2.78. The predicted molar refractivity (Wildman–Crippen MR) is 80.6 cm³/mol. The largest absolute Gasteiger partial charge is 0.488 e. The number of nitrogens with one attached hydrogen (secondary N) is 1. The molecular weight excluding hydrogens is 301 g/mol. The molecule has 1 aromatic heterocycles. The molecule has 1 aliphatic rings. The molecule has 1 heterocycles. The van der Waals surface area contributed by atoms with Gasteiger partial charge in [0, 0.05) is 12.5 Å². The van der Waals surface area contributed by atoms with Gasteiger partial charge in [-0.15, -0.1) is 0 Å². The summed E-state index contributed by atoms with van der Waals surface area (Å²) in [5.74, 6) is 0.0552. The van der Waals surface area contributed by atoms with Crippen LogP contribution in [0.5, 0.6) is 5.75 Å². The Labute approximate surface area is 133 Å². The van der Waals surface area contributed by atoms with Crippen molar-refractivity contribution in [3.8, 4) is 5.75 Å². The van der Waals surface area contributed by atoms with Crippen LogP contribution in [-0.2, 0) is 0 Å². The van der Waals surface area contributed by atoms with Crippen LogP contribution in [0, 0.1) is 11.7 Å². The van der Waals surface area contributed by atoms with Gasteiger partial charge in [-0.2, -0.15) is 0 Å². The first-order valence-electron chi connectivity index (χ1n) is 7.55. The highest BCUT2D eigenvalue weighted by Gasteiger charge is 2.36. The van der Waals surface area contributed by atoms with Gasteiger partial charge in [0.25, 0.3) is 5.91 Å². The van der Waals surface area contributed by atoms with Gasteiger partial charge in [0.1, 0.15) is 17.7 Å². The van der Waals surface area contributed by atoms with Crippen molar-refractivity contribution in [2.75, 3.05) is 6.54 Å². The van der Waals surface area contributed by atoms with Gasteiger partial charge < -0.3 is 19.6 Å². The number of aliphatic hydroxyl groups excluding tert-OH is 1. The molecule has 2 N–H and O–H groups in total. The minimum Gasteiger partial charge on any atom is -0.488 e. The van der Waals surface area contributed by atoms with Gasteiger partial charge in [0.15, 0.2) is 5.76 Å². The van der Waals surface area contributed by atoms with Crippen molar-refractivity contribution in [3.63, 3.8) is 0 Å². The SMILES string of the molecule is O=C(NC[C@H]1CC[C@@H](Oc2ccc(F)cc2)[C@@H]1O)c1ccco1. The van der Waals surface area contributed by atoms with Gasteiger partial charge in [0.2, 0.25) is 0 Å². The van der Waals surface area contributed by atoms with Crippen LogP contribution in [0.25, 0.3) is 0 Å². The number of carbonyl (C=O) groups excluding carboxylic acids is 1. The number of carbonyl (C=O) groups is 1. The number of hydrogen-bond donors (Lipinski definition) is 2. The van der Waals surface area contributed by atoms with E-state index in [9.17, 15) is 14.3 Å². The molecule has 3 atom stereocenters. The van der Waals surface area contributed by atoms with Crippen molar-refractivity contribution in [1.29, 1.82) is 0 Å². The summed E-state index contributed by atoms with van der Waals surface area (Å²) in [5, 5.41) is 13.1. The van der Waals surface area contributed by atoms with Gasteiger partial charge in [-0.1, -0.05) is 0 Å². The topological polar surface area (TPSA) is 71.7 Å². The van der Waals surface area contributed by atoms with E-state index in [2.05, 4.69) is 5.32 Å². The fraction of sp³-hybridized carbons (Fsp3) is 0.353. The van der Waals surface area contributed by atoms with E-state index in [1.165, 1.54) is 30.5 Å². The van der Waals surface area contributed by atoms with E-state index in [-0.39, 0.29) is 29.5 Å². The van der Waals surface area contributed by atoms with E-state index in [0.29, 0.717) is 18.7 Å². The highest BCUT2D eigenvalue weighted by molar-refractivity contribution is 5.91. The number of hydrogen-bond acceptors (Lipinski definition) is 4. The molecule has 1 fully saturated rings. The Morgan fingerprint density at radius 3 is 2.78 bits per heavy atom. The Morgan fingerprint density at radius 1 is 1.30 bits per heavy atom. The molecule has 0 unspecified atom stereocenters. The molecule has 6 heteroatoms. The van der Waals surface area contributed by atoms with Crippen molar-refractivity contribution >= 4 is 5.91 Å². The lowest BCUT2D eigenvalue weighted by atomic mass is 10.1. The second kappa shape index (κ2) is 6.83. The standard InChI is InChI=1S/C17H18FNO4/c18-12-4-6-13(7-5-12)23-14-8-3-11(16(14)20)10-19-17(21)15-2-1-9-22-15/h1-2,4-7,9,11,14,16,20H,3,8,10H2,(H,19,21)/t11-,14-,16-/m1/s1. The van der Waals surface area contributed by atoms with Crippen LogP contribution in [0.15, 0.2) is 47.1 Å². The van der Waals surface area contributed by atoms with Gasteiger partial charge in [-0.05, 0) is 49.2 Å². The minimum absolute atomic E-state index is 0.0839. The Balaban J connectivity index is 1.51. The Morgan fingerprint density at radius 2 is 2.09 bits per heavy atom. The zero-order valence-corrected chi connectivity index (χ0v) is 12.4. The number of aliphatic hydroxyl groups is 1. The molecule has 1 saturated carbocycles. The average Bonchev–Trinajstić information content (AvgIpc) is 3.19. The van der Waals surface area contributed by atoms with Gasteiger partial charge in [-0.25, -0.2) is 4.39 Å². The first-order chi connectivity index (χ1) is 11.1. The van der Waals surface area contributed by atoms with E-state index < -0.39 is 6.10 Å². The molecule has 0 aliphatic heterocycles. The fourth-order valence-corrected chi connectivity index (χ4v) is 2.78. The molecule has 1 aliphatic carbocycles. The molecule has 0 saturated heterocycles. The second-order valence-corrected chi connectivity index (χ2v) is 5.63. The molecule has 23 heavy (non-hydrogen) atoms. The predicted octanol–water partition coefficient (Wildman–Crippen LogP) is 2.37. The van der Waals surface area contributed by atoms with Crippen LogP contribution < -0.4 is 10.1 Å². The number of benzene rings is 1. The van der Waals surface area contributed by atoms with Crippen LogP contribution >= 0.6 is 0 Å². The molecular formula is C17H18FNO4. The summed E-state index contributed by atoms with van der Waals surface area (Å²) >= 11 is 0. The lowest BCUT2D eigenvalue weighted by Crippen LogP contribution is -2.37. The van der Waals surface area contributed by atoms with Crippen molar-refractivity contribution < 1.29 is 23.4 Å². The molecule has 0 bridgehead atoms. The molecule has 2 aromatic rings. The van der Waals surface area contributed by atoms with E-state index in [4.69, 9.17) is 9.15 Å². The molecule has 0 radical (unpaired) electrons. The summed E-state index contributed by atoms with van der Waals surface area (Å²) < 4.78 is 23.6. The zero-order chi connectivity index (χ0) is 16.2. The van der Waals surface area contributed by atoms with Gasteiger partial charge >= 0.3 is 0 Å². The van der Waals surface area contributed by atoms with Crippen LogP contribution in [-0.4, -0.2) is 29.8 Å². The Hall–Kier alpha value is -2.34. The normalized spacial score (nSPS) is 23.7. The van der Waals surface area contributed by atoms with Crippen molar-refractivity contribution in [1.82, 2.24) is 5.32 Å². The zero-order valence-electron chi connectivity index (χ0n) is 12.4. The third-order valence-corrected chi connectivity index (χ3v) is 4.06. The van der Waals surface area contributed by atoms with E-state index in [0.717, 1.165) is 6.42 Å². The number of rotatable bonds is 5. The Bertz CT molecular complexity index is 641. The van der Waals surface area contributed by atoms with Gasteiger partial charge in [0.05, 0.1) is 12.4 Å². The van der Waals surface area contributed by atoms with Crippen molar-refractivity contribution in [2.45, 2.75) is 25.0 Å². The molecule has 0 spiro atoms. The maximum absolute atomic E-state index is 12.9. The third kappa shape index (κ3) is 3.71. The number of amides is 1. The van der Waals surface area contributed by atoms with Crippen LogP contribution in [0.2, 0.25) is 0 Å². The third-order valence-electron chi connectivity index (χ3n) is 4.06. The van der Waals surface area contributed by atoms with E-state index >= 15 is 0 Å².